The Morgan fingerprint density at radius 2 is 1.55 bits per heavy atom. The molecule has 1 atom stereocenters. The van der Waals surface area contributed by atoms with Gasteiger partial charge in [0.1, 0.15) is 12.6 Å². The van der Waals surface area contributed by atoms with Gasteiger partial charge in [0.05, 0.1) is 27.0 Å². The van der Waals surface area contributed by atoms with E-state index in [-0.39, 0.29) is 39.6 Å². The van der Waals surface area contributed by atoms with Gasteiger partial charge in [0, 0.05) is 19.5 Å². The number of sulfonamides is 1. The monoisotopic (exact) mass is 623 g/mol. The maximum atomic E-state index is 14.1. The van der Waals surface area contributed by atoms with Gasteiger partial charge in [0.2, 0.25) is 21.8 Å². The number of carbonyl (C=O) groups excluding carboxylic acids is 2. The highest BCUT2D eigenvalue weighted by atomic mass is 35.5. The minimum atomic E-state index is -4.00. The summed E-state index contributed by atoms with van der Waals surface area (Å²) >= 11 is 18.6. The Bertz CT molecular complexity index is 1450. The molecule has 3 aromatic carbocycles. The first-order chi connectivity index (χ1) is 18.9. The van der Waals surface area contributed by atoms with Crippen LogP contribution in [0.3, 0.4) is 0 Å². The number of halogens is 3. The van der Waals surface area contributed by atoms with Gasteiger partial charge in [-0.3, -0.25) is 13.9 Å². The molecular formula is C29H32Cl3N3O4S. The molecule has 0 aliphatic carbocycles. The maximum Gasteiger partial charge on any atom is 0.244 e. The van der Waals surface area contributed by atoms with Crippen LogP contribution < -0.4 is 9.62 Å². The summed E-state index contributed by atoms with van der Waals surface area (Å²) in [6.07, 6.45) is 1.92. The molecule has 0 radical (unpaired) electrons. The molecule has 40 heavy (non-hydrogen) atoms. The second kappa shape index (κ2) is 14.2. The van der Waals surface area contributed by atoms with E-state index in [0.29, 0.717) is 13.0 Å². The van der Waals surface area contributed by atoms with E-state index in [4.69, 9.17) is 34.8 Å². The number of hydrogen-bond donors (Lipinski definition) is 1. The van der Waals surface area contributed by atoms with Crippen molar-refractivity contribution >= 4 is 62.3 Å². The van der Waals surface area contributed by atoms with Crippen molar-refractivity contribution in [3.63, 3.8) is 0 Å². The van der Waals surface area contributed by atoms with E-state index in [1.54, 1.807) is 0 Å². The minimum absolute atomic E-state index is 0.0115. The summed E-state index contributed by atoms with van der Waals surface area (Å²) in [6, 6.07) is 18.7. The molecule has 0 fully saturated rings. The standard InChI is InChI=1S/C29H32Cl3N3O4S/c1-4-13-33-29(37)27(15-21-10-6-5-7-11-21)34(18-22-12-8-9-20(2)14-22)28(36)19-35(40(3,38)39)26-17-24(31)23(30)16-25(26)32/h5-12,14,16-17,27H,4,13,15,18-19H2,1-3H3,(H,33,37)/t27-/m1/s1. The molecule has 1 N–H and O–H groups in total. The molecule has 0 aliphatic rings. The van der Waals surface area contributed by atoms with Gasteiger partial charge < -0.3 is 10.2 Å². The highest BCUT2D eigenvalue weighted by Gasteiger charge is 2.33. The van der Waals surface area contributed by atoms with Crippen LogP contribution in [-0.4, -0.2) is 50.5 Å². The lowest BCUT2D eigenvalue weighted by Gasteiger charge is -2.33. The average molecular weight is 625 g/mol. The number of anilines is 1. The van der Waals surface area contributed by atoms with E-state index < -0.39 is 28.5 Å². The molecule has 0 heterocycles. The maximum absolute atomic E-state index is 14.1. The highest BCUT2D eigenvalue weighted by Crippen LogP contribution is 2.35. The number of benzene rings is 3. The number of rotatable bonds is 12. The van der Waals surface area contributed by atoms with Crippen LogP contribution in [0.5, 0.6) is 0 Å². The molecule has 11 heteroatoms. The van der Waals surface area contributed by atoms with E-state index in [1.165, 1.54) is 17.0 Å². The highest BCUT2D eigenvalue weighted by molar-refractivity contribution is 7.92. The van der Waals surface area contributed by atoms with Crippen molar-refractivity contribution in [3.05, 3.63) is 98.5 Å². The fraction of sp³-hybridized carbons (Fsp3) is 0.310. The van der Waals surface area contributed by atoms with Crippen molar-refractivity contribution in [1.82, 2.24) is 10.2 Å². The number of aryl methyl sites for hydroxylation is 1. The third-order valence-corrected chi connectivity index (χ3v) is 8.34. The largest absolute Gasteiger partial charge is 0.354 e. The number of carbonyl (C=O) groups is 2. The second-order valence-corrected chi connectivity index (χ2v) is 12.6. The molecule has 0 spiro atoms. The van der Waals surface area contributed by atoms with E-state index in [0.717, 1.165) is 27.3 Å². The molecule has 0 bridgehead atoms. The van der Waals surface area contributed by atoms with Crippen LogP contribution in [0, 0.1) is 6.92 Å². The van der Waals surface area contributed by atoms with Crippen LogP contribution in [0.4, 0.5) is 5.69 Å². The van der Waals surface area contributed by atoms with Crippen molar-refractivity contribution in [3.8, 4) is 0 Å². The van der Waals surface area contributed by atoms with E-state index in [9.17, 15) is 18.0 Å². The minimum Gasteiger partial charge on any atom is -0.354 e. The Morgan fingerprint density at radius 3 is 2.17 bits per heavy atom. The van der Waals surface area contributed by atoms with Crippen LogP contribution in [0.25, 0.3) is 0 Å². The molecule has 0 aromatic heterocycles. The van der Waals surface area contributed by atoms with Gasteiger partial charge in [0.25, 0.3) is 0 Å². The fourth-order valence-electron chi connectivity index (χ4n) is 4.23. The number of amides is 2. The molecule has 2 amide bonds. The summed E-state index contributed by atoms with van der Waals surface area (Å²) in [5, 5.41) is 3.15. The van der Waals surface area contributed by atoms with Gasteiger partial charge in [-0.05, 0) is 36.6 Å². The predicted molar refractivity (Wildman–Crippen MR) is 163 cm³/mol. The lowest BCUT2D eigenvalue weighted by atomic mass is 10.0. The SMILES string of the molecule is CCCNC(=O)[C@@H](Cc1ccccc1)N(Cc1cccc(C)c1)C(=O)CN(c1cc(Cl)c(Cl)cc1Cl)S(C)(=O)=O. The third kappa shape index (κ3) is 8.61. The van der Waals surface area contributed by atoms with Crippen LogP contribution in [0.2, 0.25) is 15.1 Å². The van der Waals surface area contributed by atoms with Crippen LogP contribution in [0.15, 0.2) is 66.7 Å². The second-order valence-electron chi connectivity index (χ2n) is 9.49. The summed E-state index contributed by atoms with van der Waals surface area (Å²) < 4.78 is 26.7. The third-order valence-electron chi connectivity index (χ3n) is 6.19. The van der Waals surface area contributed by atoms with E-state index >= 15 is 0 Å². The summed E-state index contributed by atoms with van der Waals surface area (Å²) in [6.45, 7) is 3.79. The summed E-state index contributed by atoms with van der Waals surface area (Å²) in [5.74, 6) is -0.910. The predicted octanol–water partition coefficient (Wildman–Crippen LogP) is 5.89. The summed E-state index contributed by atoms with van der Waals surface area (Å²) in [4.78, 5) is 29.0. The average Bonchev–Trinajstić information content (AvgIpc) is 2.90. The van der Waals surface area contributed by atoms with Gasteiger partial charge in [-0.25, -0.2) is 8.42 Å². The van der Waals surface area contributed by atoms with Crippen molar-refractivity contribution < 1.29 is 18.0 Å². The van der Waals surface area contributed by atoms with Gasteiger partial charge in [-0.1, -0.05) is 102 Å². The normalized spacial score (nSPS) is 12.1. The van der Waals surface area contributed by atoms with Crippen molar-refractivity contribution in [2.45, 2.75) is 39.3 Å². The molecule has 0 saturated heterocycles. The Hall–Kier alpha value is -2.78. The Labute approximate surface area is 251 Å². The Balaban J connectivity index is 2.08. The van der Waals surface area contributed by atoms with Crippen molar-refractivity contribution in [2.75, 3.05) is 23.7 Å². The molecule has 0 unspecified atom stereocenters. The van der Waals surface area contributed by atoms with Crippen molar-refractivity contribution in [1.29, 1.82) is 0 Å². The zero-order valence-electron chi connectivity index (χ0n) is 22.5. The molecule has 3 aromatic rings. The summed E-state index contributed by atoms with van der Waals surface area (Å²) in [5.41, 5.74) is 2.65. The van der Waals surface area contributed by atoms with E-state index in [2.05, 4.69) is 5.32 Å². The Kier molecular flexibility index (Phi) is 11.3. The lowest BCUT2D eigenvalue weighted by Crippen LogP contribution is -2.53. The number of nitrogens with zero attached hydrogens (tertiary/aromatic N) is 2. The number of nitrogens with one attached hydrogen (secondary N) is 1. The van der Waals surface area contributed by atoms with Crippen LogP contribution >= 0.6 is 34.8 Å². The van der Waals surface area contributed by atoms with Crippen molar-refractivity contribution in [2.24, 2.45) is 0 Å². The molecule has 0 saturated carbocycles. The van der Waals surface area contributed by atoms with Gasteiger partial charge in [0.15, 0.2) is 0 Å². The topological polar surface area (TPSA) is 86.8 Å². The quantitative estimate of drug-likeness (QED) is 0.255. The first-order valence-electron chi connectivity index (χ1n) is 12.7. The lowest BCUT2D eigenvalue weighted by molar-refractivity contribution is -0.140. The van der Waals surface area contributed by atoms with Crippen LogP contribution in [0.1, 0.15) is 30.0 Å². The van der Waals surface area contributed by atoms with Gasteiger partial charge in [-0.2, -0.15) is 0 Å². The van der Waals surface area contributed by atoms with E-state index in [1.807, 2.05) is 68.4 Å². The first kappa shape index (κ1) is 31.7. The number of hydrogen-bond acceptors (Lipinski definition) is 4. The van der Waals surface area contributed by atoms with Crippen LogP contribution in [-0.2, 0) is 32.6 Å². The molecule has 0 aliphatic heterocycles. The fourth-order valence-corrected chi connectivity index (χ4v) is 5.77. The van der Waals surface area contributed by atoms with Gasteiger partial charge in [-0.15, -0.1) is 0 Å². The van der Waals surface area contributed by atoms with Gasteiger partial charge >= 0.3 is 0 Å². The molecule has 3 rings (SSSR count). The summed E-state index contributed by atoms with van der Waals surface area (Å²) in [7, 11) is -4.00. The zero-order valence-corrected chi connectivity index (χ0v) is 25.6. The molecule has 7 nitrogen and oxygen atoms in total. The molecule has 214 valence electrons. The molecular weight excluding hydrogens is 593 g/mol. The zero-order chi connectivity index (χ0) is 29.4. The smallest absolute Gasteiger partial charge is 0.244 e. The first-order valence-corrected chi connectivity index (χ1v) is 15.7. The Morgan fingerprint density at radius 1 is 0.900 bits per heavy atom.